The van der Waals surface area contributed by atoms with Crippen molar-refractivity contribution in [3.05, 3.63) is 0 Å². The summed E-state index contributed by atoms with van der Waals surface area (Å²) >= 11 is 0. The van der Waals surface area contributed by atoms with E-state index >= 15 is 0 Å². The molecule has 3 amide bonds. The molecular weight excluding hydrogens is 208 g/mol. The zero-order chi connectivity index (χ0) is 12.8. The minimum atomic E-state index is -0.561. The first kappa shape index (κ1) is 14.7. The lowest BCUT2D eigenvalue weighted by Crippen LogP contribution is -2.50. The van der Waals surface area contributed by atoms with Gasteiger partial charge in [-0.05, 0) is 27.7 Å². The van der Waals surface area contributed by atoms with Gasteiger partial charge in [-0.3, -0.25) is 4.79 Å². The smallest absolute Gasteiger partial charge is 0.312 e. The van der Waals surface area contributed by atoms with E-state index in [1.807, 2.05) is 20.8 Å². The molecule has 6 nitrogen and oxygen atoms in total. The summed E-state index contributed by atoms with van der Waals surface area (Å²) < 4.78 is 0. The molecule has 5 N–H and O–H groups in total. The number of urea groups is 1. The van der Waals surface area contributed by atoms with E-state index in [9.17, 15) is 9.59 Å². The number of hydrogen-bond donors (Lipinski definition) is 4. The Labute approximate surface area is 96.3 Å². The number of nitrogens with one attached hydrogen (secondary N) is 3. The van der Waals surface area contributed by atoms with E-state index in [2.05, 4.69) is 16.0 Å². The Morgan fingerprint density at radius 1 is 1.25 bits per heavy atom. The highest BCUT2D eigenvalue weighted by Crippen LogP contribution is 1.98. The molecule has 0 aliphatic heterocycles. The van der Waals surface area contributed by atoms with Gasteiger partial charge in [-0.1, -0.05) is 0 Å². The topological polar surface area (TPSA) is 96.2 Å². The van der Waals surface area contributed by atoms with Crippen LogP contribution in [0.4, 0.5) is 4.79 Å². The van der Waals surface area contributed by atoms with Crippen molar-refractivity contribution in [1.29, 1.82) is 0 Å². The Bertz CT molecular complexity index is 248. The summed E-state index contributed by atoms with van der Waals surface area (Å²) in [6.45, 7) is 8.44. The van der Waals surface area contributed by atoms with E-state index in [-0.39, 0.29) is 17.5 Å². The predicted octanol–water partition coefficient (Wildman–Crippen LogP) is -0.452. The van der Waals surface area contributed by atoms with Gasteiger partial charge >= 0.3 is 6.03 Å². The molecule has 0 aliphatic rings. The van der Waals surface area contributed by atoms with Crippen LogP contribution in [0.3, 0.4) is 0 Å². The van der Waals surface area contributed by atoms with Crippen molar-refractivity contribution in [2.75, 3.05) is 13.1 Å². The largest absolute Gasteiger partial charge is 0.352 e. The second-order valence-corrected chi connectivity index (χ2v) is 4.71. The third-order valence-electron chi connectivity index (χ3n) is 1.77. The minimum absolute atomic E-state index is 0.0634. The van der Waals surface area contributed by atoms with E-state index < -0.39 is 6.03 Å². The maximum Gasteiger partial charge on any atom is 0.312 e. The van der Waals surface area contributed by atoms with Crippen LogP contribution in [-0.2, 0) is 4.79 Å². The van der Waals surface area contributed by atoms with Crippen molar-refractivity contribution < 1.29 is 9.59 Å². The summed E-state index contributed by atoms with van der Waals surface area (Å²) in [4.78, 5) is 22.0. The molecule has 0 rings (SSSR count). The van der Waals surface area contributed by atoms with Gasteiger partial charge in [0.25, 0.3) is 0 Å². The van der Waals surface area contributed by atoms with E-state index in [0.717, 1.165) is 0 Å². The fourth-order valence-electron chi connectivity index (χ4n) is 1.04. The number of nitrogens with two attached hydrogens (primary N) is 1. The molecule has 0 aromatic heterocycles. The van der Waals surface area contributed by atoms with E-state index in [4.69, 9.17) is 5.73 Å². The Morgan fingerprint density at radius 2 is 1.81 bits per heavy atom. The Hall–Kier alpha value is -1.30. The first-order valence-corrected chi connectivity index (χ1v) is 5.31. The standard InChI is InChI=1S/C10H22N4O2/c1-7(8(15)14-10(2,3)4)12-5-6-13-9(11)16/h7,12H,5-6H2,1-4H3,(H,14,15)(H3,11,13,16). The second kappa shape index (κ2) is 6.32. The van der Waals surface area contributed by atoms with Crippen molar-refractivity contribution in [2.24, 2.45) is 5.73 Å². The van der Waals surface area contributed by atoms with Crippen LogP contribution in [0.2, 0.25) is 0 Å². The zero-order valence-electron chi connectivity index (χ0n) is 10.4. The molecule has 0 aromatic rings. The predicted molar refractivity (Wildman–Crippen MR) is 62.9 cm³/mol. The van der Waals surface area contributed by atoms with Crippen molar-refractivity contribution in [3.63, 3.8) is 0 Å². The summed E-state index contributed by atoms with van der Waals surface area (Å²) in [6.07, 6.45) is 0. The number of rotatable bonds is 5. The molecule has 6 heteroatoms. The number of carbonyl (C=O) groups excluding carboxylic acids is 2. The summed E-state index contributed by atoms with van der Waals surface area (Å²) in [5.41, 5.74) is 4.66. The highest BCUT2D eigenvalue weighted by atomic mass is 16.2. The van der Waals surface area contributed by atoms with Gasteiger partial charge in [0.1, 0.15) is 0 Å². The third-order valence-corrected chi connectivity index (χ3v) is 1.77. The molecule has 16 heavy (non-hydrogen) atoms. The van der Waals surface area contributed by atoms with Crippen molar-refractivity contribution >= 4 is 11.9 Å². The lowest BCUT2D eigenvalue weighted by atomic mass is 10.1. The van der Waals surface area contributed by atoms with Gasteiger partial charge < -0.3 is 21.7 Å². The highest BCUT2D eigenvalue weighted by molar-refractivity contribution is 5.81. The third kappa shape index (κ3) is 8.05. The zero-order valence-corrected chi connectivity index (χ0v) is 10.4. The number of primary amides is 1. The van der Waals surface area contributed by atoms with E-state index in [0.29, 0.717) is 13.1 Å². The Morgan fingerprint density at radius 3 is 2.25 bits per heavy atom. The molecule has 0 aromatic carbocycles. The first-order chi connectivity index (χ1) is 7.22. The average Bonchev–Trinajstić information content (AvgIpc) is 2.08. The first-order valence-electron chi connectivity index (χ1n) is 5.31. The summed E-state index contributed by atoms with van der Waals surface area (Å²) in [5, 5.41) is 8.27. The van der Waals surface area contributed by atoms with Crippen LogP contribution in [0, 0.1) is 0 Å². The molecule has 0 radical (unpaired) electrons. The number of amides is 3. The maximum absolute atomic E-state index is 11.6. The van der Waals surface area contributed by atoms with Crippen LogP contribution in [0.15, 0.2) is 0 Å². The molecule has 94 valence electrons. The van der Waals surface area contributed by atoms with Crippen LogP contribution in [0.25, 0.3) is 0 Å². The highest BCUT2D eigenvalue weighted by Gasteiger charge is 2.18. The molecule has 0 saturated heterocycles. The molecular formula is C10H22N4O2. The molecule has 1 unspecified atom stereocenters. The lowest BCUT2D eigenvalue weighted by molar-refractivity contribution is -0.124. The average molecular weight is 230 g/mol. The fourth-order valence-corrected chi connectivity index (χ4v) is 1.04. The molecule has 0 spiro atoms. The van der Waals surface area contributed by atoms with Crippen molar-refractivity contribution in [3.8, 4) is 0 Å². The molecule has 0 aliphatic carbocycles. The van der Waals surface area contributed by atoms with Crippen LogP contribution < -0.4 is 21.7 Å². The second-order valence-electron chi connectivity index (χ2n) is 4.71. The van der Waals surface area contributed by atoms with Gasteiger partial charge in [0.2, 0.25) is 5.91 Å². The molecule has 1 atom stereocenters. The minimum Gasteiger partial charge on any atom is -0.352 e. The SMILES string of the molecule is CC(NCCNC(N)=O)C(=O)NC(C)(C)C. The van der Waals surface area contributed by atoms with Crippen LogP contribution >= 0.6 is 0 Å². The van der Waals surface area contributed by atoms with Crippen LogP contribution in [-0.4, -0.2) is 36.6 Å². The fraction of sp³-hybridized carbons (Fsp3) is 0.800. The number of hydrogen-bond acceptors (Lipinski definition) is 3. The Balaban J connectivity index is 3.76. The normalized spacial score (nSPS) is 13.0. The summed E-state index contributed by atoms with van der Waals surface area (Å²) in [6, 6.07) is -0.859. The summed E-state index contributed by atoms with van der Waals surface area (Å²) in [5.74, 6) is -0.0634. The van der Waals surface area contributed by atoms with Gasteiger partial charge in [-0.15, -0.1) is 0 Å². The lowest BCUT2D eigenvalue weighted by Gasteiger charge is -2.23. The van der Waals surface area contributed by atoms with Gasteiger partial charge in [-0.25, -0.2) is 4.79 Å². The number of carbonyl (C=O) groups is 2. The van der Waals surface area contributed by atoms with Gasteiger partial charge in [0.05, 0.1) is 6.04 Å². The van der Waals surface area contributed by atoms with Gasteiger partial charge in [-0.2, -0.15) is 0 Å². The summed E-state index contributed by atoms with van der Waals surface area (Å²) in [7, 11) is 0. The van der Waals surface area contributed by atoms with Gasteiger partial charge in [0, 0.05) is 18.6 Å². The van der Waals surface area contributed by atoms with E-state index in [1.165, 1.54) is 0 Å². The molecule has 0 bridgehead atoms. The molecule has 0 fully saturated rings. The van der Waals surface area contributed by atoms with Crippen molar-refractivity contribution in [2.45, 2.75) is 39.3 Å². The molecule has 0 heterocycles. The monoisotopic (exact) mass is 230 g/mol. The van der Waals surface area contributed by atoms with E-state index in [1.54, 1.807) is 6.92 Å². The van der Waals surface area contributed by atoms with Crippen molar-refractivity contribution in [1.82, 2.24) is 16.0 Å². The quantitative estimate of drug-likeness (QED) is 0.481. The molecule has 0 saturated carbocycles. The van der Waals surface area contributed by atoms with Crippen LogP contribution in [0.1, 0.15) is 27.7 Å². The van der Waals surface area contributed by atoms with Gasteiger partial charge in [0.15, 0.2) is 0 Å². The maximum atomic E-state index is 11.6. The van der Waals surface area contributed by atoms with Crippen LogP contribution in [0.5, 0.6) is 0 Å². The Kier molecular flexibility index (Phi) is 5.81.